The van der Waals surface area contributed by atoms with E-state index >= 15 is 0 Å². The Kier molecular flexibility index (Phi) is 4.24. The summed E-state index contributed by atoms with van der Waals surface area (Å²) >= 11 is 0. The third kappa shape index (κ3) is 3.35. The number of benzene rings is 2. The number of alkyl halides is 3. The fourth-order valence-electron chi connectivity index (χ4n) is 2.96. The zero-order chi connectivity index (χ0) is 18.2. The number of anilines is 1. The Hall–Kier alpha value is -2.83. The SMILES string of the molecule is O=C1CC[C@@H](C(=O)Nc2ccc(O)c(C(F)(F)F)c2)c2ccccc21. The van der Waals surface area contributed by atoms with Crippen molar-refractivity contribution in [1.82, 2.24) is 0 Å². The molecule has 2 aromatic carbocycles. The monoisotopic (exact) mass is 349 g/mol. The third-order valence-electron chi connectivity index (χ3n) is 4.18. The van der Waals surface area contributed by atoms with Crippen LogP contribution in [0.25, 0.3) is 0 Å². The van der Waals surface area contributed by atoms with Crippen LogP contribution >= 0.6 is 0 Å². The number of phenolic OH excluding ortho intramolecular Hbond substituents is 1. The van der Waals surface area contributed by atoms with Crippen LogP contribution in [-0.4, -0.2) is 16.8 Å². The Labute approximate surface area is 141 Å². The summed E-state index contributed by atoms with van der Waals surface area (Å²) in [6.45, 7) is 0. The number of aromatic hydroxyl groups is 1. The summed E-state index contributed by atoms with van der Waals surface area (Å²) in [5.41, 5.74) is -0.240. The first kappa shape index (κ1) is 17.0. The molecule has 3 rings (SSSR count). The van der Waals surface area contributed by atoms with Gasteiger partial charge < -0.3 is 10.4 Å². The van der Waals surface area contributed by atoms with Crippen LogP contribution in [-0.2, 0) is 11.0 Å². The smallest absolute Gasteiger partial charge is 0.420 e. The first-order valence-corrected chi connectivity index (χ1v) is 7.60. The molecule has 0 aliphatic heterocycles. The molecule has 0 saturated carbocycles. The topological polar surface area (TPSA) is 66.4 Å². The molecule has 0 aromatic heterocycles. The summed E-state index contributed by atoms with van der Waals surface area (Å²) in [4.78, 5) is 24.4. The number of nitrogens with one attached hydrogen (secondary N) is 1. The van der Waals surface area contributed by atoms with Crippen molar-refractivity contribution >= 4 is 17.4 Å². The van der Waals surface area contributed by atoms with Gasteiger partial charge in [-0.25, -0.2) is 0 Å². The highest BCUT2D eigenvalue weighted by Crippen LogP contribution is 2.38. The van der Waals surface area contributed by atoms with Crippen LogP contribution in [0.5, 0.6) is 5.75 Å². The van der Waals surface area contributed by atoms with Crippen LogP contribution in [0, 0.1) is 0 Å². The lowest BCUT2D eigenvalue weighted by molar-refractivity contribution is -0.138. The van der Waals surface area contributed by atoms with Crippen LogP contribution in [0.4, 0.5) is 18.9 Å². The van der Waals surface area contributed by atoms with Gasteiger partial charge in [0.05, 0.1) is 11.5 Å². The lowest BCUT2D eigenvalue weighted by Crippen LogP contribution is -2.27. The van der Waals surface area contributed by atoms with Gasteiger partial charge in [0.15, 0.2) is 5.78 Å². The molecule has 0 radical (unpaired) electrons. The van der Waals surface area contributed by atoms with Crippen molar-refractivity contribution in [3.63, 3.8) is 0 Å². The number of halogens is 3. The van der Waals surface area contributed by atoms with Crippen LogP contribution in [0.3, 0.4) is 0 Å². The second-order valence-electron chi connectivity index (χ2n) is 5.82. The van der Waals surface area contributed by atoms with Crippen molar-refractivity contribution in [3.8, 4) is 5.75 Å². The number of phenols is 1. The number of Topliss-reactive ketones (excluding diaryl/α,β-unsaturated/α-hetero) is 1. The number of amides is 1. The molecule has 1 aliphatic rings. The quantitative estimate of drug-likeness (QED) is 0.802. The maximum Gasteiger partial charge on any atom is 0.420 e. The predicted molar refractivity (Wildman–Crippen MR) is 84.5 cm³/mol. The third-order valence-corrected chi connectivity index (χ3v) is 4.18. The van der Waals surface area contributed by atoms with E-state index in [9.17, 15) is 27.9 Å². The molecule has 2 aromatic rings. The summed E-state index contributed by atoms with van der Waals surface area (Å²) in [6, 6.07) is 9.49. The molecule has 1 aliphatic carbocycles. The van der Waals surface area contributed by atoms with Crippen LogP contribution in [0.15, 0.2) is 42.5 Å². The molecular formula is C18H14F3NO3. The molecule has 0 saturated heterocycles. The van der Waals surface area contributed by atoms with E-state index < -0.39 is 29.3 Å². The minimum absolute atomic E-state index is 0.0522. The molecule has 0 bridgehead atoms. The van der Waals surface area contributed by atoms with E-state index in [1.807, 2.05) is 0 Å². The Morgan fingerprint density at radius 1 is 1.16 bits per heavy atom. The van der Waals surface area contributed by atoms with Gasteiger partial charge in [-0.05, 0) is 30.2 Å². The van der Waals surface area contributed by atoms with Crippen molar-refractivity contribution in [2.75, 3.05) is 5.32 Å². The predicted octanol–water partition coefficient (Wildman–Crippen LogP) is 4.11. The molecule has 0 heterocycles. The molecule has 130 valence electrons. The van der Waals surface area contributed by atoms with Crippen molar-refractivity contribution in [1.29, 1.82) is 0 Å². The van der Waals surface area contributed by atoms with E-state index in [1.165, 1.54) is 6.07 Å². The summed E-state index contributed by atoms with van der Waals surface area (Å²) < 4.78 is 38.6. The number of carbonyl (C=O) groups is 2. The molecule has 0 fully saturated rings. The summed E-state index contributed by atoms with van der Waals surface area (Å²) in [6.07, 6.45) is -4.22. The summed E-state index contributed by atoms with van der Waals surface area (Å²) in [5, 5.41) is 11.8. The fraction of sp³-hybridized carbons (Fsp3) is 0.222. The fourth-order valence-corrected chi connectivity index (χ4v) is 2.96. The van der Waals surface area contributed by atoms with E-state index in [1.54, 1.807) is 24.3 Å². The second-order valence-corrected chi connectivity index (χ2v) is 5.82. The molecule has 0 spiro atoms. The standard InChI is InChI=1S/C18H14F3NO3/c19-18(20,21)14-9-10(5-7-16(14)24)22-17(25)13-6-8-15(23)12-4-2-1-3-11(12)13/h1-5,7,9,13,24H,6,8H2,(H,22,25)/t13-/m1/s1. The van der Waals surface area contributed by atoms with Gasteiger partial charge in [0.1, 0.15) is 5.75 Å². The zero-order valence-corrected chi connectivity index (χ0v) is 12.9. The van der Waals surface area contributed by atoms with Gasteiger partial charge in [-0.3, -0.25) is 9.59 Å². The number of carbonyl (C=O) groups excluding carboxylic acids is 2. The molecule has 25 heavy (non-hydrogen) atoms. The molecule has 1 amide bonds. The van der Waals surface area contributed by atoms with Crippen molar-refractivity contribution in [2.45, 2.75) is 24.9 Å². The molecule has 1 atom stereocenters. The number of hydrogen-bond donors (Lipinski definition) is 2. The highest BCUT2D eigenvalue weighted by Gasteiger charge is 2.35. The Bertz CT molecular complexity index is 846. The van der Waals surface area contributed by atoms with Crippen molar-refractivity contribution in [2.24, 2.45) is 0 Å². The van der Waals surface area contributed by atoms with Gasteiger partial charge >= 0.3 is 6.18 Å². The average Bonchev–Trinajstić information content (AvgIpc) is 2.56. The van der Waals surface area contributed by atoms with Gasteiger partial charge in [0.2, 0.25) is 5.91 Å². The summed E-state index contributed by atoms with van der Waals surface area (Å²) in [7, 11) is 0. The van der Waals surface area contributed by atoms with Gasteiger partial charge in [-0.1, -0.05) is 24.3 Å². The lowest BCUT2D eigenvalue weighted by Gasteiger charge is -2.24. The highest BCUT2D eigenvalue weighted by molar-refractivity contribution is 6.04. The minimum atomic E-state index is -4.73. The van der Waals surface area contributed by atoms with Crippen LogP contribution in [0.1, 0.15) is 40.2 Å². The average molecular weight is 349 g/mol. The maximum atomic E-state index is 12.9. The molecular weight excluding hydrogens is 335 g/mol. The second kappa shape index (κ2) is 6.23. The first-order valence-electron chi connectivity index (χ1n) is 7.60. The molecule has 4 nitrogen and oxygen atoms in total. The maximum absolute atomic E-state index is 12.9. The van der Waals surface area contributed by atoms with Gasteiger partial charge in [-0.15, -0.1) is 0 Å². The zero-order valence-electron chi connectivity index (χ0n) is 12.9. The first-order chi connectivity index (χ1) is 11.8. The number of ketones is 1. The normalized spacial score (nSPS) is 17.1. The lowest BCUT2D eigenvalue weighted by atomic mass is 9.81. The minimum Gasteiger partial charge on any atom is -0.507 e. The van der Waals surface area contributed by atoms with Crippen LogP contribution in [0.2, 0.25) is 0 Å². The van der Waals surface area contributed by atoms with Gasteiger partial charge in [0, 0.05) is 17.7 Å². The van der Waals surface area contributed by atoms with Crippen molar-refractivity contribution in [3.05, 3.63) is 59.2 Å². The van der Waals surface area contributed by atoms with E-state index in [2.05, 4.69) is 5.32 Å². The van der Waals surface area contributed by atoms with Gasteiger partial charge in [0.25, 0.3) is 0 Å². The van der Waals surface area contributed by atoms with Gasteiger partial charge in [-0.2, -0.15) is 13.2 Å². The molecule has 2 N–H and O–H groups in total. The Morgan fingerprint density at radius 3 is 2.60 bits per heavy atom. The Balaban J connectivity index is 1.87. The largest absolute Gasteiger partial charge is 0.507 e. The highest BCUT2D eigenvalue weighted by atomic mass is 19.4. The van der Waals surface area contributed by atoms with Crippen molar-refractivity contribution < 1.29 is 27.9 Å². The van der Waals surface area contributed by atoms with E-state index in [0.29, 0.717) is 23.6 Å². The van der Waals surface area contributed by atoms with E-state index in [4.69, 9.17) is 0 Å². The number of hydrogen-bond acceptors (Lipinski definition) is 3. The van der Waals surface area contributed by atoms with E-state index in [-0.39, 0.29) is 17.9 Å². The number of fused-ring (bicyclic) bond motifs is 1. The summed E-state index contributed by atoms with van der Waals surface area (Å²) in [5.74, 6) is -2.06. The van der Waals surface area contributed by atoms with E-state index in [0.717, 1.165) is 6.07 Å². The van der Waals surface area contributed by atoms with Crippen LogP contribution < -0.4 is 5.32 Å². The Morgan fingerprint density at radius 2 is 1.88 bits per heavy atom. The number of rotatable bonds is 2. The molecule has 7 heteroatoms. The molecule has 0 unspecified atom stereocenters.